The number of aromatic amines is 2. The summed E-state index contributed by atoms with van der Waals surface area (Å²) in [5.74, 6) is 7.47. The molecule has 7 rings (SSSR count). The smallest absolute Gasteiger partial charge is 0.407 e. The van der Waals surface area contributed by atoms with Crippen molar-refractivity contribution in [2.45, 2.75) is 56.8 Å². The molecule has 2 aliphatic rings. The highest BCUT2D eigenvalue weighted by Gasteiger charge is 2.37. The molecule has 4 N–H and O–H groups in total. The van der Waals surface area contributed by atoms with Crippen molar-refractivity contribution < 1.29 is 28.7 Å². The van der Waals surface area contributed by atoms with Crippen LogP contribution in [-0.4, -0.2) is 87.1 Å². The molecule has 0 unspecified atom stereocenters. The Morgan fingerprint density at radius 1 is 0.684 bits per heavy atom. The van der Waals surface area contributed by atoms with Gasteiger partial charge >= 0.3 is 12.2 Å². The molecule has 3 aromatic carbocycles. The summed E-state index contributed by atoms with van der Waals surface area (Å²) in [7, 11) is 2.54. The molecule has 2 aromatic heterocycles. The quantitative estimate of drug-likeness (QED) is 0.132. The Balaban J connectivity index is 0.976. The number of amides is 4. The number of imidazole rings is 2. The van der Waals surface area contributed by atoms with E-state index in [-0.39, 0.29) is 23.9 Å². The van der Waals surface area contributed by atoms with Gasteiger partial charge in [-0.2, -0.15) is 0 Å². The van der Waals surface area contributed by atoms with E-state index in [1.165, 1.54) is 14.2 Å². The van der Waals surface area contributed by atoms with Crippen LogP contribution in [0.5, 0.6) is 0 Å². The number of hydrogen-bond donors (Lipinski definition) is 4. The van der Waals surface area contributed by atoms with E-state index in [9.17, 15) is 19.2 Å². The number of nitrogens with one attached hydrogen (secondary N) is 4. The summed E-state index contributed by atoms with van der Waals surface area (Å²) in [4.78, 5) is 70.3. The zero-order chi connectivity index (χ0) is 39.9. The molecule has 14 nitrogen and oxygen atoms in total. The van der Waals surface area contributed by atoms with Gasteiger partial charge in [0.1, 0.15) is 23.7 Å². The molecule has 292 valence electrons. The average molecular weight is 769 g/mol. The van der Waals surface area contributed by atoms with Gasteiger partial charge in [0.15, 0.2) is 0 Å². The standard InChI is InChI=1S/C43H44N8O6/c1-27(46-42(54)56-2)40(52)50-23-7-11-35(50)38-44-25-33(47-38)30-19-15-28(16-20-30)13-14-29-17-21-31(22-18-29)34-26-45-39(48-34)36-12-8-24-51(36)41(53)37(49-43(55)57-3)32-9-5-4-6-10-32/h4-6,9-10,15-22,25-27,35-37H,7-8,11-12,23-24H2,1-3H3,(H,44,47)(H,45,48)(H,46,54)(H,49,55)/t27-,35-,36-,37+/m0/s1. The zero-order valence-corrected chi connectivity index (χ0v) is 32.0. The second kappa shape index (κ2) is 17.3. The van der Waals surface area contributed by atoms with Crippen LogP contribution >= 0.6 is 0 Å². The third-order valence-electron chi connectivity index (χ3n) is 10.4. The van der Waals surface area contributed by atoms with Crippen LogP contribution in [0.1, 0.15) is 79.1 Å². The minimum atomic E-state index is -0.882. The molecule has 2 fully saturated rings. The Morgan fingerprint density at radius 2 is 1.16 bits per heavy atom. The lowest BCUT2D eigenvalue weighted by Gasteiger charge is -2.28. The van der Waals surface area contributed by atoms with E-state index in [2.05, 4.69) is 47.1 Å². The number of nitrogens with zero attached hydrogens (tertiary/aromatic N) is 4. The average Bonchev–Trinajstić information content (AvgIpc) is 4.09. The van der Waals surface area contributed by atoms with E-state index in [0.717, 1.165) is 59.3 Å². The Hall–Kier alpha value is -6.88. The molecule has 14 heteroatoms. The second-order valence-electron chi connectivity index (χ2n) is 14.0. The molecule has 5 aromatic rings. The van der Waals surface area contributed by atoms with Crippen molar-refractivity contribution in [1.29, 1.82) is 0 Å². The van der Waals surface area contributed by atoms with Gasteiger partial charge in [0.05, 0.1) is 50.1 Å². The first-order valence-corrected chi connectivity index (χ1v) is 18.9. The van der Waals surface area contributed by atoms with Gasteiger partial charge in [-0.15, -0.1) is 0 Å². The minimum Gasteiger partial charge on any atom is -0.453 e. The van der Waals surface area contributed by atoms with Crippen molar-refractivity contribution in [1.82, 2.24) is 40.4 Å². The lowest BCUT2D eigenvalue weighted by Crippen LogP contribution is -2.46. The highest BCUT2D eigenvalue weighted by molar-refractivity contribution is 5.87. The number of H-pyrrole nitrogens is 2. The number of alkyl carbamates (subject to hydrolysis) is 2. The molecule has 2 saturated heterocycles. The number of hydrogen-bond acceptors (Lipinski definition) is 8. The fraction of sp³-hybridized carbons (Fsp3) is 0.302. The number of likely N-dealkylation sites (tertiary alicyclic amines) is 2. The fourth-order valence-electron chi connectivity index (χ4n) is 7.37. The molecule has 57 heavy (non-hydrogen) atoms. The van der Waals surface area contributed by atoms with Crippen LogP contribution in [0.25, 0.3) is 22.5 Å². The molecular formula is C43H44N8O6. The second-order valence-corrected chi connectivity index (χ2v) is 14.0. The number of aromatic nitrogens is 4. The van der Waals surface area contributed by atoms with Crippen molar-refractivity contribution in [2.24, 2.45) is 0 Å². The van der Waals surface area contributed by atoms with Crippen molar-refractivity contribution in [3.8, 4) is 34.4 Å². The third kappa shape index (κ3) is 8.68. The summed E-state index contributed by atoms with van der Waals surface area (Å²) in [5, 5.41) is 5.25. The largest absolute Gasteiger partial charge is 0.453 e. The molecule has 4 atom stereocenters. The first-order valence-electron chi connectivity index (χ1n) is 18.9. The van der Waals surface area contributed by atoms with E-state index in [1.54, 1.807) is 29.1 Å². The number of carbonyl (C=O) groups is 4. The molecule has 0 radical (unpaired) electrons. The van der Waals surface area contributed by atoms with E-state index < -0.39 is 24.3 Å². The van der Waals surface area contributed by atoms with Crippen LogP contribution in [0, 0.1) is 11.8 Å². The number of rotatable bonds is 9. The van der Waals surface area contributed by atoms with Crippen LogP contribution in [0.2, 0.25) is 0 Å². The predicted octanol–water partition coefficient (Wildman–Crippen LogP) is 6.04. The molecule has 0 aliphatic carbocycles. The monoisotopic (exact) mass is 768 g/mol. The summed E-state index contributed by atoms with van der Waals surface area (Å²) < 4.78 is 9.45. The van der Waals surface area contributed by atoms with Crippen LogP contribution in [0.4, 0.5) is 9.59 Å². The summed E-state index contributed by atoms with van der Waals surface area (Å²) in [6.07, 6.45) is 5.41. The van der Waals surface area contributed by atoms with Crippen LogP contribution in [-0.2, 0) is 19.1 Å². The fourth-order valence-corrected chi connectivity index (χ4v) is 7.37. The Bertz CT molecular complexity index is 2280. The number of benzene rings is 3. The molecule has 2 aliphatic heterocycles. The van der Waals surface area contributed by atoms with Gasteiger partial charge in [0.2, 0.25) is 5.91 Å². The van der Waals surface area contributed by atoms with Gasteiger partial charge in [-0.3, -0.25) is 9.59 Å². The molecule has 0 spiro atoms. The first kappa shape index (κ1) is 38.4. The Labute approximate surface area is 330 Å². The number of ether oxygens (including phenoxy) is 2. The van der Waals surface area contributed by atoms with E-state index >= 15 is 0 Å². The molecule has 0 saturated carbocycles. The van der Waals surface area contributed by atoms with E-state index in [1.807, 2.05) is 78.9 Å². The number of methoxy groups -OCH3 is 2. The minimum absolute atomic E-state index is 0.180. The van der Waals surface area contributed by atoms with Crippen LogP contribution in [0.3, 0.4) is 0 Å². The van der Waals surface area contributed by atoms with Gasteiger partial charge in [-0.1, -0.05) is 66.4 Å². The summed E-state index contributed by atoms with van der Waals surface area (Å²) in [6, 6.07) is 22.9. The normalized spacial score (nSPS) is 17.2. The van der Waals surface area contributed by atoms with Crippen LogP contribution < -0.4 is 10.6 Å². The summed E-state index contributed by atoms with van der Waals surface area (Å²) in [6.45, 7) is 2.78. The maximum atomic E-state index is 13.8. The maximum Gasteiger partial charge on any atom is 0.407 e. The van der Waals surface area contributed by atoms with Crippen LogP contribution in [0.15, 0.2) is 91.3 Å². The predicted molar refractivity (Wildman–Crippen MR) is 211 cm³/mol. The van der Waals surface area contributed by atoms with Crippen molar-refractivity contribution in [2.75, 3.05) is 27.3 Å². The summed E-state index contributed by atoms with van der Waals surface area (Å²) >= 11 is 0. The van der Waals surface area contributed by atoms with Crippen molar-refractivity contribution in [3.05, 3.63) is 120 Å². The Kier molecular flexibility index (Phi) is 11.6. The van der Waals surface area contributed by atoms with Crippen molar-refractivity contribution >= 4 is 24.0 Å². The lowest BCUT2D eigenvalue weighted by atomic mass is 10.1. The van der Waals surface area contributed by atoms with Gasteiger partial charge < -0.3 is 39.9 Å². The van der Waals surface area contributed by atoms with E-state index in [0.29, 0.717) is 30.3 Å². The Morgan fingerprint density at radius 3 is 1.65 bits per heavy atom. The van der Waals surface area contributed by atoms with Gasteiger partial charge in [-0.25, -0.2) is 19.6 Å². The van der Waals surface area contributed by atoms with Gasteiger partial charge in [0, 0.05) is 24.2 Å². The maximum absolute atomic E-state index is 13.8. The summed E-state index contributed by atoms with van der Waals surface area (Å²) in [5.41, 5.74) is 5.92. The molecular weight excluding hydrogens is 725 g/mol. The molecule has 0 bridgehead atoms. The zero-order valence-electron chi connectivity index (χ0n) is 32.0. The highest BCUT2D eigenvalue weighted by atomic mass is 16.5. The van der Waals surface area contributed by atoms with E-state index in [4.69, 9.17) is 4.74 Å². The highest BCUT2D eigenvalue weighted by Crippen LogP contribution is 2.35. The van der Waals surface area contributed by atoms with Gasteiger partial charge in [-0.05, 0) is 73.6 Å². The lowest BCUT2D eigenvalue weighted by molar-refractivity contribution is -0.135. The third-order valence-corrected chi connectivity index (χ3v) is 10.4. The van der Waals surface area contributed by atoms with Gasteiger partial charge in [0.25, 0.3) is 5.91 Å². The number of carbonyl (C=O) groups excluding carboxylic acids is 4. The molecule has 4 heterocycles. The topological polar surface area (TPSA) is 175 Å². The van der Waals surface area contributed by atoms with Crippen molar-refractivity contribution in [3.63, 3.8) is 0 Å². The SMILES string of the molecule is COC(=O)N[C@@H](C)C(=O)N1CCC[C@H]1c1ncc(-c2ccc(C#Cc3ccc(-c4cnc([C@@H]5CCCN5C(=O)[C@H](NC(=O)OC)c5ccccc5)[nH]4)cc3)cc2)[nH]1. The first-order chi connectivity index (χ1) is 27.7. The molecule has 4 amide bonds.